The van der Waals surface area contributed by atoms with E-state index in [0.29, 0.717) is 4.47 Å². The molecule has 0 aliphatic rings. The number of benzene rings is 1. The van der Waals surface area contributed by atoms with Crippen LogP contribution in [0.4, 0.5) is 18.9 Å². The Hall–Kier alpha value is -1.60. The highest BCUT2D eigenvalue weighted by atomic mass is 79.9. The van der Waals surface area contributed by atoms with Crippen molar-refractivity contribution in [2.75, 3.05) is 5.32 Å². The van der Waals surface area contributed by atoms with E-state index in [-0.39, 0.29) is 16.4 Å². The molecule has 0 saturated carbocycles. The van der Waals surface area contributed by atoms with Crippen molar-refractivity contribution in [2.45, 2.75) is 6.18 Å². The van der Waals surface area contributed by atoms with Crippen LogP contribution in [-0.2, 0) is 6.18 Å². The molecule has 0 radical (unpaired) electrons. The normalized spacial score (nSPS) is 11.3. The third-order valence-electron chi connectivity index (χ3n) is 2.51. The van der Waals surface area contributed by atoms with E-state index >= 15 is 0 Å². The Balaban J connectivity index is 2.27. The number of carbonyl (C=O) groups excluding carboxylic acids is 1. The summed E-state index contributed by atoms with van der Waals surface area (Å²) in [7, 11) is 0. The van der Waals surface area contributed by atoms with Gasteiger partial charge in [-0.05, 0) is 40.2 Å². The number of aromatic nitrogens is 1. The quantitative estimate of drug-likeness (QED) is 0.764. The molecule has 0 spiro atoms. The van der Waals surface area contributed by atoms with Crippen LogP contribution < -0.4 is 5.32 Å². The SMILES string of the molecule is O=C(Nc1cc(Br)cnc1Cl)c1cccc(C(F)(F)F)c1. The molecule has 0 bridgehead atoms. The third-order valence-corrected chi connectivity index (χ3v) is 3.24. The van der Waals surface area contributed by atoms with Crippen molar-refractivity contribution < 1.29 is 18.0 Å². The lowest BCUT2D eigenvalue weighted by Crippen LogP contribution is -2.14. The summed E-state index contributed by atoms with van der Waals surface area (Å²) in [5, 5.41) is 2.46. The van der Waals surface area contributed by atoms with Gasteiger partial charge in [0.25, 0.3) is 5.91 Å². The van der Waals surface area contributed by atoms with Gasteiger partial charge in [0, 0.05) is 16.2 Å². The average Bonchev–Trinajstić information content (AvgIpc) is 2.42. The van der Waals surface area contributed by atoms with Crippen molar-refractivity contribution in [1.29, 1.82) is 0 Å². The maximum Gasteiger partial charge on any atom is 0.416 e. The number of hydrogen-bond acceptors (Lipinski definition) is 2. The van der Waals surface area contributed by atoms with Gasteiger partial charge in [0.2, 0.25) is 0 Å². The number of nitrogens with zero attached hydrogens (tertiary/aromatic N) is 1. The zero-order valence-electron chi connectivity index (χ0n) is 10.2. The Kier molecular flexibility index (Phi) is 4.53. The second-order valence-corrected chi connectivity index (χ2v) is 5.30. The maximum atomic E-state index is 12.6. The Labute approximate surface area is 131 Å². The fourth-order valence-electron chi connectivity index (χ4n) is 1.54. The minimum atomic E-state index is -4.51. The molecule has 0 fully saturated rings. The molecule has 21 heavy (non-hydrogen) atoms. The van der Waals surface area contributed by atoms with E-state index in [2.05, 4.69) is 26.2 Å². The molecule has 1 aromatic carbocycles. The number of alkyl halides is 3. The number of nitrogens with one attached hydrogen (secondary N) is 1. The van der Waals surface area contributed by atoms with Crippen LogP contribution in [0.3, 0.4) is 0 Å². The van der Waals surface area contributed by atoms with E-state index in [0.717, 1.165) is 12.1 Å². The first-order chi connectivity index (χ1) is 9.77. The Morgan fingerprint density at radius 3 is 2.67 bits per heavy atom. The van der Waals surface area contributed by atoms with Gasteiger partial charge in [-0.3, -0.25) is 4.79 Å². The molecule has 1 aromatic heterocycles. The zero-order valence-corrected chi connectivity index (χ0v) is 12.6. The van der Waals surface area contributed by atoms with E-state index < -0.39 is 17.6 Å². The third kappa shape index (κ3) is 3.95. The predicted molar refractivity (Wildman–Crippen MR) is 76.3 cm³/mol. The maximum absolute atomic E-state index is 12.6. The number of carbonyl (C=O) groups is 1. The summed E-state index contributed by atoms with van der Waals surface area (Å²) in [6, 6.07) is 5.61. The largest absolute Gasteiger partial charge is 0.416 e. The lowest BCUT2D eigenvalue weighted by molar-refractivity contribution is -0.137. The van der Waals surface area contributed by atoms with Crippen LogP contribution >= 0.6 is 27.5 Å². The molecular formula is C13H7BrClF3N2O. The van der Waals surface area contributed by atoms with Crippen molar-refractivity contribution in [1.82, 2.24) is 4.98 Å². The first-order valence-corrected chi connectivity index (χ1v) is 6.74. The smallest absolute Gasteiger partial charge is 0.319 e. The minimum absolute atomic E-state index is 0.0403. The highest BCUT2D eigenvalue weighted by Gasteiger charge is 2.30. The molecule has 0 aliphatic heterocycles. The van der Waals surface area contributed by atoms with Crippen LogP contribution in [0.2, 0.25) is 5.15 Å². The Morgan fingerprint density at radius 1 is 1.29 bits per heavy atom. The van der Waals surface area contributed by atoms with Gasteiger partial charge >= 0.3 is 6.18 Å². The van der Waals surface area contributed by atoms with Gasteiger partial charge in [0.05, 0.1) is 11.3 Å². The predicted octanol–water partition coefficient (Wildman–Crippen LogP) is 4.77. The van der Waals surface area contributed by atoms with E-state index in [9.17, 15) is 18.0 Å². The molecule has 0 atom stereocenters. The second-order valence-electron chi connectivity index (χ2n) is 4.02. The summed E-state index contributed by atoms with van der Waals surface area (Å²) in [5.74, 6) is -0.706. The van der Waals surface area contributed by atoms with Crippen LogP contribution in [0.25, 0.3) is 0 Å². The van der Waals surface area contributed by atoms with Crippen molar-refractivity contribution in [3.8, 4) is 0 Å². The molecule has 1 amide bonds. The summed E-state index contributed by atoms with van der Waals surface area (Å²) in [6.45, 7) is 0. The summed E-state index contributed by atoms with van der Waals surface area (Å²) >= 11 is 8.96. The van der Waals surface area contributed by atoms with Gasteiger partial charge in [-0.1, -0.05) is 17.7 Å². The first kappa shape index (κ1) is 15.8. The summed E-state index contributed by atoms with van der Waals surface area (Å²) < 4.78 is 38.4. The van der Waals surface area contributed by atoms with E-state index in [1.54, 1.807) is 0 Å². The van der Waals surface area contributed by atoms with Gasteiger partial charge in [0.1, 0.15) is 0 Å². The fourth-order valence-corrected chi connectivity index (χ4v) is 2.02. The molecule has 8 heteroatoms. The Bertz CT molecular complexity index is 691. The lowest BCUT2D eigenvalue weighted by atomic mass is 10.1. The van der Waals surface area contributed by atoms with E-state index in [4.69, 9.17) is 11.6 Å². The molecule has 0 aliphatic carbocycles. The number of amides is 1. The Morgan fingerprint density at radius 2 is 2.00 bits per heavy atom. The highest BCUT2D eigenvalue weighted by molar-refractivity contribution is 9.10. The molecular weight excluding hydrogens is 373 g/mol. The van der Waals surface area contributed by atoms with E-state index in [1.165, 1.54) is 24.4 Å². The number of rotatable bonds is 2. The molecule has 0 saturated heterocycles. The van der Waals surface area contributed by atoms with E-state index in [1.807, 2.05) is 0 Å². The highest BCUT2D eigenvalue weighted by Crippen LogP contribution is 2.30. The molecule has 3 nitrogen and oxygen atoms in total. The van der Waals surface area contributed by atoms with Crippen molar-refractivity contribution in [3.63, 3.8) is 0 Å². The summed E-state index contributed by atoms with van der Waals surface area (Å²) in [5.41, 5.74) is -0.817. The van der Waals surface area contributed by atoms with Crippen LogP contribution in [0.15, 0.2) is 41.0 Å². The van der Waals surface area contributed by atoms with Crippen molar-refractivity contribution in [3.05, 3.63) is 57.3 Å². The number of hydrogen-bond donors (Lipinski definition) is 1. The second kappa shape index (κ2) is 6.03. The van der Waals surface area contributed by atoms with Crippen LogP contribution in [0.1, 0.15) is 15.9 Å². The molecule has 2 rings (SSSR count). The summed E-state index contributed by atoms with van der Waals surface area (Å²) in [6.07, 6.45) is -3.08. The first-order valence-electron chi connectivity index (χ1n) is 5.57. The van der Waals surface area contributed by atoms with Crippen molar-refractivity contribution in [2.24, 2.45) is 0 Å². The van der Waals surface area contributed by atoms with Gasteiger partial charge in [-0.2, -0.15) is 13.2 Å². The van der Waals surface area contributed by atoms with Crippen molar-refractivity contribution >= 4 is 39.1 Å². The number of pyridine rings is 1. The number of halogens is 5. The number of anilines is 1. The lowest BCUT2D eigenvalue weighted by Gasteiger charge is -2.10. The molecule has 0 unspecified atom stereocenters. The molecule has 110 valence electrons. The van der Waals surface area contributed by atoms with Gasteiger partial charge in [-0.25, -0.2) is 4.98 Å². The van der Waals surface area contributed by atoms with Gasteiger partial charge < -0.3 is 5.32 Å². The standard InChI is InChI=1S/C13H7BrClF3N2O/c14-9-5-10(11(15)19-6-9)20-12(21)7-2-1-3-8(4-7)13(16,17)18/h1-6H,(H,20,21). The molecule has 1 heterocycles. The zero-order chi connectivity index (χ0) is 15.6. The van der Waals surface area contributed by atoms with Gasteiger partial charge in [-0.15, -0.1) is 0 Å². The van der Waals surface area contributed by atoms with Crippen LogP contribution in [0, 0.1) is 0 Å². The monoisotopic (exact) mass is 378 g/mol. The molecule has 2 aromatic rings. The fraction of sp³-hybridized carbons (Fsp3) is 0.0769. The average molecular weight is 380 g/mol. The minimum Gasteiger partial charge on any atom is -0.319 e. The topological polar surface area (TPSA) is 42.0 Å². The van der Waals surface area contributed by atoms with Crippen LogP contribution in [-0.4, -0.2) is 10.9 Å². The summed E-state index contributed by atoms with van der Waals surface area (Å²) in [4.78, 5) is 15.8. The van der Waals surface area contributed by atoms with Gasteiger partial charge in [0.15, 0.2) is 5.15 Å². The molecule has 1 N–H and O–H groups in total. The van der Waals surface area contributed by atoms with Crippen LogP contribution in [0.5, 0.6) is 0 Å².